The lowest BCUT2D eigenvalue weighted by atomic mass is 10.0. The second-order valence-electron chi connectivity index (χ2n) is 5.05. The largest absolute Gasteiger partial charge is 0.481 e. The fraction of sp³-hybridized carbons (Fsp3) is 0.429. The van der Waals surface area contributed by atoms with E-state index in [0.29, 0.717) is 17.9 Å². The van der Waals surface area contributed by atoms with E-state index in [2.05, 4.69) is 0 Å². The zero-order valence-corrected chi connectivity index (χ0v) is 11.5. The molecule has 0 bridgehead atoms. The van der Waals surface area contributed by atoms with Crippen LogP contribution >= 0.6 is 0 Å². The summed E-state index contributed by atoms with van der Waals surface area (Å²) in [5.74, 6) is -2.04. The number of likely N-dealkylation sites (N-methyl/N-ethyl adjacent to an activating group) is 1. The van der Waals surface area contributed by atoms with E-state index in [1.807, 2.05) is 13.0 Å². The smallest absolute Gasteiger partial charge is 0.311 e. The van der Waals surface area contributed by atoms with Crippen LogP contribution in [-0.2, 0) is 9.53 Å². The van der Waals surface area contributed by atoms with Gasteiger partial charge in [-0.05, 0) is 24.6 Å². The number of primary amides is 1. The fourth-order valence-electron chi connectivity index (χ4n) is 2.48. The van der Waals surface area contributed by atoms with Crippen molar-refractivity contribution >= 4 is 17.6 Å². The number of rotatable bonds is 4. The van der Waals surface area contributed by atoms with Gasteiger partial charge in [-0.25, -0.2) is 0 Å². The van der Waals surface area contributed by atoms with Crippen LogP contribution in [0, 0.1) is 12.8 Å². The Labute approximate surface area is 117 Å². The number of carboxylic acid groups (broad SMARTS) is 1. The molecule has 0 radical (unpaired) electrons. The third-order valence-corrected chi connectivity index (χ3v) is 3.66. The van der Waals surface area contributed by atoms with Crippen molar-refractivity contribution in [2.75, 3.05) is 25.2 Å². The number of anilines is 1. The van der Waals surface area contributed by atoms with Gasteiger partial charge in [-0.15, -0.1) is 0 Å². The maximum atomic E-state index is 11.5. The van der Waals surface area contributed by atoms with E-state index < -0.39 is 17.8 Å². The van der Waals surface area contributed by atoms with Gasteiger partial charge in [-0.2, -0.15) is 0 Å². The van der Waals surface area contributed by atoms with Crippen LogP contribution in [0.2, 0.25) is 0 Å². The van der Waals surface area contributed by atoms with Crippen molar-refractivity contribution in [3.05, 3.63) is 29.3 Å². The summed E-state index contributed by atoms with van der Waals surface area (Å²) in [4.78, 5) is 24.5. The topological polar surface area (TPSA) is 92.9 Å². The van der Waals surface area contributed by atoms with Gasteiger partial charge < -0.3 is 20.5 Å². The predicted molar refractivity (Wildman–Crippen MR) is 73.8 cm³/mol. The summed E-state index contributed by atoms with van der Waals surface area (Å²) >= 11 is 0. The molecule has 3 N–H and O–H groups in total. The molecular weight excluding hydrogens is 260 g/mol. The van der Waals surface area contributed by atoms with Crippen molar-refractivity contribution in [3.8, 4) is 0 Å². The molecule has 0 aromatic heterocycles. The minimum atomic E-state index is -0.896. The van der Waals surface area contributed by atoms with E-state index in [1.165, 1.54) is 0 Å². The molecule has 1 aliphatic heterocycles. The fourth-order valence-corrected chi connectivity index (χ4v) is 2.48. The number of nitrogens with two attached hydrogens (primary N) is 1. The molecule has 2 rings (SSSR count). The number of aryl methyl sites for hydroxylation is 1. The van der Waals surface area contributed by atoms with Crippen LogP contribution in [0.15, 0.2) is 18.2 Å². The third-order valence-electron chi connectivity index (χ3n) is 3.66. The molecule has 6 nitrogen and oxygen atoms in total. The monoisotopic (exact) mass is 278 g/mol. The first-order valence-electron chi connectivity index (χ1n) is 6.35. The Hall–Kier alpha value is -2.08. The average Bonchev–Trinajstić information content (AvgIpc) is 2.86. The number of ether oxygens (including phenoxy) is 1. The minimum absolute atomic E-state index is 0.183. The highest BCUT2D eigenvalue weighted by molar-refractivity contribution is 5.99. The molecule has 1 fully saturated rings. The van der Waals surface area contributed by atoms with Gasteiger partial charge in [0, 0.05) is 12.7 Å². The van der Waals surface area contributed by atoms with Crippen molar-refractivity contribution < 1.29 is 19.4 Å². The van der Waals surface area contributed by atoms with E-state index in [4.69, 9.17) is 10.5 Å². The molecule has 0 aliphatic carbocycles. The number of aliphatic carboxylic acids is 1. The van der Waals surface area contributed by atoms with Crippen molar-refractivity contribution in [2.24, 2.45) is 11.7 Å². The van der Waals surface area contributed by atoms with Gasteiger partial charge >= 0.3 is 5.97 Å². The summed E-state index contributed by atoms with van der Waals surface area (Å²) < 4.78 is 5.27. The molecule has 2 unspecified atom stereocenters. The minimum Gasteiger partial charge on any atom is -0.481 e. The SMILES string of the molecule is Cc1ccc(C(N)=O)c(N(C)C2COCC2C(=O)O)c1. The van der Waals surface area contributed by atoms with Crippen LogP contribution in [0.3, 0.4) is 0 Å². The Kier molecular flexibility index (Phi) is 3.94. The molecule has 1 amide bonds. The number of nitrogens with zero attached hydrogens (tertiary/aromatic N) is 1. The normalized spacial score (nSPS) is 21.7. The summed E-state index contributed by atoms with van der Waals surface area (Å²) in [6.07, 6.45) is 0. The Bertz CT molecular complexity index is 544. The molecule has 1 aliphatic rings. The van der Waals surface area contributed by atoms with Crippen LogP contribution in [0.25, 0.3) is 0 Å². The molecule has 20 heavy (non-hydrogen) atoms. The highest BCUT2D eigenvalue weighted by Gasteiger charge is 2.37. The van der Waals surface area contributed by atoms with Crippen LogP contribution in [0.4, 0.5) is 5.69 Å². The van der Waals surface area contributed by atoms with Crippen LogP contribution in [0.5, 0.6) is 0 Å². The first-order chi connectivity index (χ1) is 9.41. The number of hydrogen-bond acceptors (Lipinski definition) is 4. The Balaban J connectivity index is 2.37. The molecule has 6 heteroatoms. The second kappa shape index (κ2) is 5.50. The van der Waals surface area contributed by atoms with Crippen LogP contribution < -0.4 is 10.6 Å². The van der Waals surface area contributed by atoms with Crippen molar-refractivity contribution in [1.82, 2.24) is 0 Å². The van der Waals surface area contributed by atoms with Crippen molar-refractivity contribution in [3.63, 3.8) is 0 Å². The molecule has 1 heterocycles. The summed E-state index contributed by atoms with van der Waals surface area (Å²) in [6, 6.07) is 4.98. The molecule has 108 valence electrons. The Morgan fingerprint density at radius 3 is 2.70 bits per heavy atom. The van der Waals surface area contributed by atoms with E-state index >= 15 is 0 Å². The van der Waals surface area contributed by atoms with Crippen molar-refractivity contribution in [1.29, 1.82) is 0 Å². The van der Waals surface area contributed by atoms with Gasteiger partial charge in [0.05, 0.1) is 24.8 Å². The molecular formula is C14H18N2O4. The molecule has 1 aromatic carbocycles. The summed E-state index contributed by atoms with van der Waals surface area (Å²) in [7, 11) is 1.76. The average molecular weight is 278 g/mol. The Morgan fingerprint density at radius 2 is 2.10 bits per heavy atom. The van der Waals surface area contributed by atoms with Gasteiger partial charge in [0.1, 0.15) is 5.92 Å². The van der Waals surface area contributed by atoms with E-state index in [1.54, 1.807) is 24.1 Å². The molecule has 0 saturated carbocycles. The quantitative estimate of drug-likeness (QED) is 0.842. The van der Waals surface area contributed by atoms with Gasteiger partial charge in [0.15, 0.2) is 0 Å². The lowest BCUT2D eigenvalue weighted by Crippen LogP contribution is -2.41. The number of carbonyl (C=O) groups is 2. The van der Waals surface area contributed by atoms with Crippen molar-refractivity contribution in [2.45, 2.75) is 13.0 Å². The summed E-state index contributed by atoms with van der Waals surface area (Å²) in [6.45, 7) is 2.41. The second-order valence-corrected chi connectivity index (χ2v) is 5.05. The van der Waals surface area contributed by atoms with Gasteiger partial charge in [-0.3, -0.25) is 9.59 Å². The maximum absolute atomic E-state index is 11.5. The lowest BCUT2D eigenvalue weighted by molar-refractivity contribution is -0.141. The predicted octanol–water partition coefficient (Wildman–Crippen LogP) is 0.630. The van der Waals surface area contributed by atoms with Crippen LogP contribution in [-0.4, -0.2) is 43.3 Å². The van der Waals surface area contributed by atoms with E-state index in [0.717, 1.165) is 5.56 Å². The zero-order chi connectivity index (χ0) is 14.9. The number of benzene rings is 1. The molecule has 1 saturated heterocycles. The highest BCUT2D eigenvalue weighted by Crippen LogP contribution is 2.28. The van der Waals surface area contributed by atoms with Gasteiger partial charge in [0.25, 0.3) is 5.91 Å². The van der Waals surface area contributed by atoms with Gasteiger partial charge in [-0.1, -0.05) is 6.07 Å². The molecule has 1 aromatic rings. The first kappa shape index (κ1) is 14.3. The van der Waals surface area contributed by atoms with E-state index in [9.17, 15) is 14.7 Å². The lowest BCUT2D eigenvalue weighted by Gasteiger charge is -2.30. The summed E-state index contributed by atoms with van der Waals surface area (Å²) in [5.41, 5.74) is 7.38. The molecule has 0 spiro atoms. The highest BCUT2D eigenvalue weighted by atomic mass is 16.5. The summed E-state index contributed by atoms with van der Waals surface area (Å²) in [5, 5.41) is 9.21. The zero-order valence-electron chi connectivity index (χ0n) is 11.5. The van der Waals surface area contributed by atoms with E-state index in [-0.39, 0.29) is 12.6 Å². The Morgan fingerprint density at radius 1 is 1.40 bits per heavy atom. The number of amides is 1. The standard InChI is InChI=1S/C14H18N2O4/c1-8-3-4-9(13(15)17)11(5-8)16(2)12-7-20-6-10(12)14(18)19/h3-5,10,12H,6-7H2,1-2H3,(H2,15,17)(H,18,19). The maximum Gasteiger partial charge on any atom is 0.311 e. The van der Waals surface area contributed by atoms with Crippen LogP contribution in [0.1, 0.15) is 15.9 Å². The number of hydrogen-bond donors (Lipinski definition) is 2. The first-order valence-corrected chi connectivity index (χ1v) is 6.35. The number of carbonyl (C=O) groups excluding carboxylic acids is 1. The van der Waals surface area contributed by atoms with Gasteiger partial charge in [0.2, 0.25) is 0 Å². The third kappa shape index (κ3) is 2.60. The molecule has 2 atom stereocenters. The number of carboxylic acids is 1.